The van der Waals surface area contributed by atoms with E-state index in [9.17, 15) is 31.5 Å². The topological polar surface area (TPSA) is 58.6 Å². The molecule has 10 heteroatoms. The second-order valence-electron chi connectivity index (χ2n) is 8.95. The SMILES string of the molecule is O=C1OC2(CCNC[C@@H]2C(=O)N(Cc2ccccc2C(F)(F)F)C2CC2)c2cc(F)c(F)cc21. The molecule has 180 valence electrons. The molecule has 1 N–H and O–H groups in total. The second kappa shape index (κ2) is 8.04. The van der Waals surface area contributed by atoms with Crippen LogP contribution in [0, 0.1) is 17.6 Å². The predicted molar refractivity (Wildman–Crippen MR) is 109 cm³/mol. The third-order valence-corrected chi connectivity index (χ3v) is 6.83. The Labute approximate surface area is 191 Å². The minimum atomic E-state index is -4.58. The van der Waals surface area contributed by atoms with Gasteiger partial charge in [0, 0.05) is 31.1 Å². The summed E-state index contributed by atoms with van der Waals surface area (Å²) in [4.78, 5) is 27.8. The number of nitrogens with zero attached hydrogens (tertiary/aromatic N) is 1. The Morgan fingerprint density at radius 3 is 2.56 bits per heavy atom. The lowest BCUT2D eigenvalue weighted by Crippen LogP contribution is -2.55. The molecular weight excluding hydrogens is 459 g/mol. The lowest BCUT2D eigenvalue weighted by atomic mass is 9.75. The Hall–Kier alpha value is -3.01. The van der Waals surface area contributed by atoms with Gasteiger partial charge in [-0.1, -0.05) is 18.2 Å². The van der Waals surface area contributed by atoms with E-state index in [0.717, 1.165) is 18.2 Å². The molecule has 2 fully saturated rings. The summed E-state index contributed by atoms with van der Waals surface area (Å²) in [6.45, 7) is 0.175. The highest BCUT2D eigenvalue weighted by molar-refractivity contribution is 5.96. The second-order valence-corrected chi connectivity index (χ2v) is 8.95. The monoisotopic (exact) mass is 480 g/mol. The average molecular weight is 480 g/mol. The molecule has 2 aliphatic heterocycles. The van der Waals surface area contributed by atoms with Gasteiger partial charge in [-0.2, -0.15) is 13.2 Å². The highest BCUT2D eigenvalue weighted by Crippen LogP contribution is 2.48. The zero-order valence-corrected chi connectivity index (χ0v) is 17.9. The zero-order valence-electron chi connectivity index (χ0n) is 17.9. The van der Waals surface area contributed by atoms with Crippen LogP contribution in [0.1, 0.15) is 46.3 Å². The zero-order chi connectivity index (χ0) is 24.3. The van der Waals surface area contributed by atoms with Gasteiger partial charge in [-0.05, 0) is 43.1 Å². The van der Waals surface area contributed by atoms with E-state index >= 15 is 0 Å². The van der Waals surface area contributed by atoms with E-state index in [4.69, 9.17) is 4.74 Å². The first-order valence-electron chi connectivity index (χ1n) is 11.0. The molecule has 5 nitrogen and oxygen atoms in total. The number of benzene rings is 2. The van der Waals surface area contributed by atoms with Crippen molar-refractivity contribution in [2.45, 2.75) is 43.6 Å². The van der Waals surface area contributed by atoms with Gasteiger partial charge in [0.1, 0.15) is 0 Å². The highest BCUT2D eigenvalue weighted by Gasteiger charge is 2.57. The van der Waals surface area contributed by atoms with Crippen molar-refractivity contribution in [3.05, 3.63) is 70.3 Å². The summed E-state index contributed by atoms with van der Waals surface area (Å²) >= 11 is 0. The molecule has 2 heterocycles. The molecule has 1 saturated heterocycles. The number of carbonyl (C=O) groups is 2. The van der Waals surface area contributed by atoms with Gasteiger partial charge < -0.3 is 15.0 Å². The lowest BCUT2D eigenvalue weighted by molar-refractivity contribution is -0.151. The van der Waals surface area contributed by atoms with Gasteiger partial charge >= 0.3 is 12.1 Å². The Bertz CT molecular complexity index is 1160. The van der Waals surface area contributed by atoms with Gasteiger partial charge in [0.05, 0.1) is 17.0 Å². The van der Waals surface area contributed by atoms with E-state index in [2.05, 4.69) is 5.32 Å². The van der Waals surface area contributed by atoms with Gasteiger partial charge in [-0.25, -0.2) is 13.6 Å². The smallest absolute Gasteiger partial charge is 0.416 e. The molecular formula is C24H21F5N2O3. The molecule has 3 aliphatic rings. The van der Waals surface area contributed by atoms with E-state index in [0.29, 0.717) is 19.4 Å². The Morgan fingerprint density at radius 2 is 1.85 bits per heavy atom. The standard InChI is InChI=1S/C24H21F5N2O3/c25-19-9-15-17(10-20(19)26)23(34-22(15)33)7-8-30-11-18(23)21(32)31(14-5-6-14)12-13-3-1-2-4-16(13)24(27,28)29/h1-4,9-10,14,18,30H,5-8,11-12H2/t18-,23?/m1/s1. The van der Waals surface area contributed by atoms with Crippen LogP contribution in [0.4, 0.5) is 22.0 Å². The number of alkyl halides is 3. The van der Waals surface area contributed by atoms with Crippen LogP contribution >= 0.6 is 0 Å². The minimum absolute atomic E-state index is 0.0370. The summed E-state index contributed by atoms with van der Waals surface area (Å²) in [6.07, 6.45) is -3.15. The van der Waals surface area contributed by atoms with E-state index < -0.39 is 46.8 Å². The van der Waals surface area contributed by atoms with Crippen LogP contribution in [0.25, 0.3) is 0 Å². The summed E-state index contributed by atoms with van der Waals surface area (Å²) in [5.41, 5.74) is -2.41. The largest absolute Gasteiger partial charge is 0.450 e. The molecule has 2 aromatic carbocycles. The summed E-state index contributed by atoms with van der Waals surface area (Å²) in [5.74, 6) is -4.71. The summed E-state index contributed by atoms with van der Waals surface area (Å²) in [5, 5.41) is 3.07. The molecule has 0 radical (unpaired) electrons. The molecule has 0 aromatic heterocycles. The molecule has 1 saturated carbocycles. The fourth-order valence-corrected chi connectivity index (χ4v) is 5.02. The minimum Gasteiger partial charge on any atom is -0.450 e. The maximum Gasteiger partial charge on any atom is 0.416 e. The molecule has 1 unspecified atom stereocenters. The molecule has 5 rings (SSSR count). The first-order valence-corrected chi connectivity index (χ1v) is 11.0. The van der Waals surface area contributed by atoms with Crippen molar-refractivity contribution in [1.82, 2.24) is 10.2 Å². The van der Waals surface area contributed by atoms with Crippen LogP contribution in [0.5, 0.6) is 0 Å². The lowest BCUT2D eigenvalue weighted by Gasteiger charge is -2.42. The number of rotatable bonds is 4. The van der Waals surface area contributed by atoms with Crippen molar-refractivity contribution in [2.75, 3.05) is 13.1 Å². The number of esters is 1. The van der Waals surface area contributed by atoms with E-state index in [1.807, 2.05) is 0 Å². The molecule has 1 spiro atoms. The molecule has 2 atom stereocenters. The summed E-state index contributed by atoms with van der Waals surface area (Å²) in [6, 6.07) is 6.50. The number of fused-ring (bicyclic) bond motifs is 2. The van der Waals surface area contributed by atoms with E-state index in [1.165, 1.54) is 23.1 Å². The third kappa shape index (κ3) is 3.73. The number of hydrogen-bond donors (Lipinski definition) is 1. The van der Waals surface area contributed by atoms with E-state index in [-0.39, 0.29) is 42.2 Å². The first-order chi connectivity index (χ1) is 16.1. The van der Waals surface area contributed by atoms with Crippen LogP contribution < -0.4 is 5.32 Å². The van der Waals surface area contributed by atoms with Crippen molar-refractivity contribution >= 4 is 11.9 Å². The Balaban J connectivity index is 1.52. The normalized spacial score (nSPS) is 24.1. The number of nitrogens with one attached hydrogen (secondary N) is 1. The first kappa shape index (κ1) is 22.8. The van der Waals surface area contributed by atoms with Crippen LogP contribution in [-0.4, -0.2) is 35.9 Å². The summed E-state index contributed by atoms with van der Waals surface area (Å²) < 4.78 is 74.3. The van der Waals surface area contributed by atoms with Crippen molar-refractivity contribution in [2.24, 2.45) is 5.92 Å². The fourth-order valence-electron chi connectivity index (χ4n) is 5.02. The van der Waals surface area contributed by atoms with Gasteiger partial charge in [-0.15, -0.1) is 0 Å². The van der Waals surface area contributed by atoms with Crippen LogP contribution in [-0.2, 0) is 27.9 Å². The van der Waals surface area contributed by atoms with Crippen LogP contribution in [0.15, 0.2) is 36.4 Å². The van der Waals surface area contributed by atoms with Crippen LogP contribution in [0.3, 0.4) is 0 Å². The maximum absolute atomic E-state index is 14.1. The quantitative estimate of drug-likeness (QED) is 0.528. The molecule has 2 aromatic rings. The number of carbonyl (C=O) groups excluding carboxylic acids is 2. The molecule has 1 aliphatic carbocycles. The molecule has 0 bridgehead atoms. The molecule has 1 amide bonds. The number of halogens is 5. The fraction of sp³-hybridized carbons (Fsp3) is 0.417. The van der Waals surface area contributed by atoms with E-state index in [1.54, 1.807) is 0 Å². The van der Waals surface area contributed by atoms with Gasteiger partial charge in [0.15, 0.2) is 17.2 Å². The van der Waals surface area contributed by atoms with Crippen LogP contribution in [0.2, 0.25) is 0 Å². The Morgan fingerprint density at radius 1 is 1.15 bits per heavy atom. The van der Waals surface area contributed by atoms with Gasteiger partial charge in [0.25, 0.3) is 0 Å². The number of hydrogen-bond acceptors (Lipinski definition) is 4. The average Bonchev–Trinajstić information content (AvgIpc) is 3.60. The van der Waals surface area contributed by atoms with Crippen molar-refractivity contribution < 1.29 is 36.3 Å². The molecule has 34 heavy (non-hydrogen) atoms. The highest BCUT2D eigenvalue weighted by atomic mass is 19.4. The predicted octanol–water partition coefficient (Wildman–Crippen LogP) is 4.15. The summed E-state index contributed by atoms with van der Waals surface area (Å²) in [7, 11) is 0. The Kier molecular flexibility index (Phi) is 5.38. The number of amides is 1. The third-order valence-electron chi connectivity index (χ3n) is 6.83. The number of piperidine rings is 1. The van der Waals surface area contributed by atoms with Gasteiger partial charge in [-0.3, -0.25) is 4.79 Å². The maximum atomic E-state index is 14.1. The van der Waals surface area contributed by atoms with Crippen molar-refractivity contribution in [3.8, 4) is 0 Å². The van der Waals surface area contributed by atoms with Crippen molar-refractivity contribution in [1.29, 1.82) is 0 Å². The number of ether oxygens (including phenoxy) is 1. The van der Waals surface area contributed by atoms with Crippen molar-refractivity contribution in [3.63, 3.8) is 0 Å². The van der Waals surface area contributed by atoms with Gasteiger partial charge in [0.2, 0.25) is 5.91 Å².